The Balaban J connectivity index is -0.000000566. The molecule has 2 N–H and O–H groups in total. The largest absolute Gasteiger partial charge is 0.394 e. The Morgan fingerprint density at radius 3 is 0.846 bits per heavy atom. The number of hydrogen-bond acceptors (Lipinski definition) is 8. The molecular formula is C28H64N2O8S. The second-order valence-corrected chi connectivity index (χ2v) is 10.1. The highest BCUT2D eigenvalue weighted by Crippen LogP contribution is 2.10. The van der Waals surface area contributed by atoms with Crippen molar-refractivity contribution in [2.24, 2.45) is 0 Å². The van der Waals surface area contributed by atoms with Crippen molar-refractivity contribution in [2.75, 3.05) is 39.5 Å². The van der Waals surface area contributed by atoms with Crippen LogP contribution in [0.5, 0.6) is 0 Å². The quantitative estimate of drug-likeness (QED) is 0.0584. The zero-order valence-corrected chi connectivity index (χ0v) is 27.0. The number of hydrogen-bond donors (Lipinski definition) is 2. The highest BCUT2D eigenvalue weighted by atomic mass is 32.3. The molecule has 0 radical (unpaired) electrons. The van der Waals surface area contributed by atoms with E-state index in [-0.39, 0.29) is 0 Å². The first-order valence-corrected chi connectivity index (χ1v) is 16.9. The SMILES string of the molecule is CCCCCCCCCCN(OCC)OCC.CCCCCCCCCCN(OCC)OCC.O=S(=O)(O)O. The van der Waals surface area contributed by atoms with Crippen LogP contribution in [0.1, 0.15) is 144 Å². The van der Waals surface area contributed by atoms with E-state index >= 15 is 0 Å². The van der Waals surface area contributed by atoms with Crippen LogP contribution >= 0.6 is 0 Å². The molecule has 0 atom stereocenters. The van der Waals surface area contributed by atoms with Crippen LogP contribution in [0.2, 0.25) is 0 Å². The summed E-state index contributed by atoms with van der Waals surface area (Å²) in [5.74, 6) is 0. The lowest BCUT2D eigenvalue weighted by molar-refractivity contribution is -0.365. The van der Waals surface area contributed by atoms with E-state index in [0.29, 0.717) is 26.4 Å². The van der Waals surface area contributed by atoms with E-state index in [1.807, 2.05) is 27.7 Å². The van der Waals surface area contributed by atoms with Gasteiger partial charge in [0.25, 0.3) is 0 Å². The van der Waals surface area contributed by atoms with Crippen molar-refractivity contribution in [1.29, 1.82) is 0 Å². The summed E-state index contributed by atoms with van der Waals surface area (Å²) < 4.78 is 31.6. The molecule has 39 heavy (non-hydrogen) atoms. The molecule has 0 rings (SSSR count). The Morgan fingerprint density at radius 2 is 0.641 bits per heavy atom. The third-order valence-electron chi connectivity index (χ3n) is 5.48. The van der Waals surface area contributed by atoms with Gasteiger partial charge in [-0.2, -0.15) is 8.42 Å². The van der Waals surface area contributed by atoms with Crippen LogP contribution in [-0.2, 0) is 29.7 Å². The maximum absolute atomic E-state index is 8.74. The van der Waals surface area contributed by atoms with Gasteiger partial charge in [0.15, 0.2) is 0 Å². The van der Waals surface area contributed by atoms with Crippen molar-refractivity contribution in [3.63, 3.8) is 0 Å². The van der Waals surface area contributed by atoms with Crippen molar-refractivity contribution in [3.8, 4) is 0 Å². The molecule has 0 aromatic heterocycles. The molecule has 0 amide bonds. The van der Waals surface area contributed by atoms with Crippen LogP contribution in [0, 0.1) is 0 Å². The Hall–Kier alpha value is -0.370. The summed E-state index contributed by atoms with van der Waals surface area (Å²) in [6.45, 7) is 16.9. The van der Waals surface area contributed by atoms with E-state index in [2.05, 4.69) is 13.8 Å². The van der Waals surface area contributed by atoms with Crippen molar-refractivity contribution >= 4 is 10.4 Å². The molecule has 0 aliphatic rings. The topological polar surface area (TPSA) is 118 Å². The summed E-state index contributed by atoms with van der Waals surface area (Å²) in [5.41, 5.74) is 0. The van der Waals surface area contributed by atoms with Gasteiger partial charge in [-0.25, -0.2) is 0 Å². The maximum atomic E-state index is 8.74. The lowest BCUT2D eigenvalue weighted by Crippen LogP contribution is -2.25. The molecule has 0 aliphatic carbocycles. The van der Waals surface area contributed by atoms with E-state index in [4.69, 9.17) is 36.9 Å². The summed E-state index contributed by atoms with van der Waals surface area (Å²) in [5, 5.41) is 3.27. The van der Waals surface area contributed by atoms with Gasteiger partial charge in [-0.1, -0.05) is 114 Å². The highest BCUT2D eigenvalue weighted by Gasteiger charge is 2.04. The van der Waals surface area contributed by atoms with Gasteiger partial charge in [-0.3, -0.25) is 28.5 Å². The van der Waals surface area contributed by atoms with Crippen molar-refractivity contribution in [1.82, 2.24) is 10.5 Å². The Labute approximate surface area is 241 Å². The summed E-state index contributed by atoms with van der Waals surface area (Å²) in [7, 11) is -4.67. The minimum Gasteiger partial charge on any atom is -0.274 e. The molecule has 0 saturated carbocycles. The first-order valence-electron chi connectivity index (χ1n) is 15.5. The van der Waals surface area contributed by atoms with Gasteiger partial charge in [0, 0.05) is 0 Å². The first kappa shape index (κ1) is 43.1. The zero-order chi connectivity index (χ0) is 30.0. The number of nitrogens with zero attached hydrogens (tertiary/aromatic N) is 2. The fourth-order valence-electron chi connectivity index (χ4n) is 3.66. The summed E-state index contributed by atoms with van der Waals surface area (Å²) in [6, 6.07) is 0. The predicted molar refractivity (Wildman–Crippen MR) is 159 cm³/mol. The van der Waals surface area contributed by atoms with Crippen LogP contribution in [-0.4, -0.2) is 67.5 Å². The molecule has 0 aromatic rings. The predicted octanol–water partition coefficient (Wildman–Crippen LogP) is 8.01. The summed E-state index contributed by atoms with van der Waals surface area (Å²) >= 11 is 0. The lowest BCUT2D eigenvalue weighted by atomic mass is 10.1. The van der Waals surface area contributed by atoms with Crippen LogP contribution in [0.4, 0.5) is 0 Å². The average molecular weight is 589 g/mol. The molecule has 0 saturated heterocycles. The molecule has 10 nitrogen and oxygen atoms in total. The smallest absolute Gasteiger partial charge is 0.274 e. The first-order chi connectivity index (χ1) is 18.7. The third kappa shape index (κ3) is 47.7. The molecule has 0 aromatic carbocycles. The third-order valence-corrected chi connectivity index (χ3v) is 5.48. The Bertz CT molecular complexity index is 490. The lowest BCUT2D eigenvalue weighted by Gasteiger charge is -2.19. The van der Waals surface area contributed by atoms with Gasteiger partial charge < -0.3 is 0 Å². The van der Waals surface area contributed by atoms with E-state index in [1.165, 1.54) is 89.9 Å². The fraction of sp³-hybridized carbons (Fsp3) is 1.00. The Morgan fingerprint density at radius 1 is 0.436 bits per heavy atom. The Kier molecular flexibility index (Phi) is 39.4. The van der Waals surface area contributed by atoms with Crippen molar-refractivity contribution in [2.45, 2.75) is 144 Å². The van der Waals surface area contributed by atoms with E-state index in [9.17, 15) is 0 Å². The van der Waals surface area contributed by atoms with Gasteiger partial charge in [0.2, 0.25) is 0 Å². The highest BCUT2D eigenvalue weighted by molar-refractivity contribution is 7.79. The molecule has 0 bridgehead atoms. The maximum Gasteiger partial charge on any atom is 0.394 e. The molecule has 0 heterocycles. The van der Waals surface area contributed by atoms with Gasteiger partial charge in [0.05, 0.1) is 39.5 Å². The van der Waals surface area contributed by atoms with Crippen LogP contribution in [0.25, 0.3) is 0 Å². The molecule has 0 spiro atoms. The molecule has 11 heteroatoms. The molecule has 240 valence electrons. The van der Waals surface area contributed by atoms with Crippen LogP contribution in [0.15, 0.2) is 0 Å². The second-order valence-electron chi connectivity index (χ2n) is 9.18. The summed E-state index contributed by atoms with van der Waals surface area (Å²) in [6.07, 6.45) is 21.4. The molecule has 0 fully saturated rings. The number of rotatable bonds is 26. The normalized spacial score (nSPS) is 11.3. The number of unbranched alkanes of at least 4 members (excludes halogenated alkanes) is 14. The van der Waals surface area contributed by atoms with Gasteiger partial charge in [0.1, 0.15) is 0 Å². The van der Waals surface area contributed by atoms with Crippen molar-refractivity contribution < 1.29 is 36.9 Å². The summed E-state index contributed by atoms with van der Waals surface area (Å²) in [4.78, 5) is 21.4. The average Bonchev–Trinajstić information content (AvgIpc) is 2.87. The standard InChI is InChI=1S/2C14H31NO2.H2O4S/c2*1-4-7-8-9-10-11-12-13-14-15(16-5-2)17-6-3;1-5(2,3)4/h2*4-14H2,1-3H3;(H2,1,2,3,4). The van der Waals surface area contributed by atoms with Crippen molar-refractivity contribution in [3.05, 3.63) is 0 Å². The monoisotopic (exact) mass is 588 g/mol. The van der Waals surface area contributed by atoms with E-state index < -0.39 is 10.4 Å². The minimum atomic E-state index is -4.67. The zero-order valence-electron chi connectivity index (χ0n) is 26.2. The molecule has 0 aliphatic heterocycles. The molecule has 0 unspecified atom stereocenters. The van der Waals surface area contributed by atoms with Crippen LogP contribution in [0.3, 0.4) is 0 Å². The fourth-order valence-corrected chi connectivity index (χ4v) is 3.66. The van der Waals surface area contributed by atoms with E-state index in [1.54, 1.807) is 10.5 Å². The number of hydroxylamine groups is 4. The van der Waals surface area contributed by atoms with Gasteiger partial charge in [-0.05, 0) is 40.5 Å². The van der Waals surface area contributed by atoms with Crippen LogP contribution < -0.4 is 0 Å². The van der Waals surface area contributed by atoms with Gasteiger partial charge >= 0.3 is 10.4 Å². The minimum absolute atomic E-state index is 0.678. The van der Waals surface area contributed by atoms with Gasteiger partial charge in [-0.15, -0.1) is 0 Å². The second kappa shape index (κ2) is 35.7. The molecular weight excluding hydrogens is 524 g/mol. The van der Waals surface area contributed by atoms with E-state index in [0.717, 1.165) is 25.9 Å².